The molecule has 0 bridgehead atoms. The summed E-state index contributed by atoms with van der Waals surface area (Å²) in [6, 6.07) is 2.50. The molecule has 1 amide bonds. The number of aliphatic imine (C=N–C) groups is 1. The highest BCUT2D eigenvalue weighted by molar-refractivity contribution is 6.02. The molecule has 12 heteroatoms. The monoisotopic (exact) mass is 415 g/mol. The van der Waals surface area contributed by atoms with Crippen molar-refractivity contribution in [2.45, 2.75) is 31.2 Å². The Morgan fingerprint density at radius 3 is 2.62 bits per heavy atom. The number of pyridine rings is 2. The van der Waals surface area contributed by atoms with Crippen LogP contribution < -0.4 is 11.1 Å². The number of nitrogens with two attached hydrogens (primary N) is 1. The fourth-order valence-electron chi connectivity index (χ4n) is 2.82. The normalized spacial score (nSPS) is 21.9. The second kappa shape index (κ2) is 7.26. The predicted octanol–water partition coefficient (Wildman–Crippen LogP) is 2.89. The van der Waals surface area contributed by atoms with Gasteiger partial charge in [-0.3, -0.25) is 4.79 Å². The second-order valence-corrected chi connectivity index (χ2v) is 6.45. The molecule has 0 saturated heterocycles. The molecule has 0 saturated carbocycles. The van der Waals surface area contributed by atoms with Crippen LogP contribution in [0.4, 0.5) is 27.6 Å². The van der Waals surface area contributed by atoms with Gasteiger partial charge in [0, 0.05) is 12.0 Å². The van der Waals surface area contributed by atoms with Crippen LogP contribution in [0.2, 0.25) is 0 Å². The summed E-state index contributed by atoms with van der Waals surface area (Å²) in [7, 11) is 0. The van der Waals surface area contributed by atoms with E-state index in [1.165, 1.54) is 6.92 Å². The number of carbonyl (C=O) groups excluding carboxylic acids is 1. The molecule has 0 aromatic carbocycles. The summed E-state index contributed by atoms with van der Waals surface area (Å²) >= 11 is 0. The predicted molar refractivity (Wildman–Crippen MR) is 90.9 cm³/mol. The van der Waals surface area contributed by atoms with Gasteiger partial charge < -0.3 is 15.8 Å². The van der Waals surface area contributed by atoms with Crippen LogP contribution in [0, 0.1) is 11.8 Å². The molecule has 2 aromatic rings. The average Bonchev–Trinajstić information content (AvgIpc) is 2.62. The third-order valence-corrected chi connectivity index (χ3v) is 4.21. The van der Waals surface area contributed by atoms with Gasteiger partial charge in [0.25, 0.3) is 11.9 Å². The van der Waals surface area contributed by atoms with Crippen molar-refractivity contribution < 1.29 is 31.5 Å². The van der Waals surface area contributed by atoms with E-state index in [2.05, 4.69) is 25.0 Å². The maximum absolute atomic E-state index is 14.3. The van der Waals surface area contributed by atoms with Crippen LogP contribution in [0.1, 0.15) is 29.4 Å². The third kappa shape index (κ3) is 4.41. The largest absolute Gasteiger partial charge is 0.452 e. The van der Waals surface area contributed by atoms with Crippen molar-refractivity contribution in [3.63, 3.8) is 0 Å². The summed E-state index contributed by atoms with van der Waals surface area (Å²) < 4.78 is 71.1. The first-order valence-corrected chi connectivity index (χ1v) is 8.15. The van der Waals surface area contributed by atoms with Gasteiger partial charge in [-0.25, -0.2) is 19.4 Å². The molecule has 1 aliphatic heterocycles. The lowest BCUT2D eigenvalue weighted by Gasteiger charge is -2.35. The van der Waals surface area contributed by atoms with E-state index in [0.717, 1.165) is 30.6 Å². The van der Waals surface area contributed by atoms with Crippen LogP contribution in [-0.4, -0.2) is 34.2 Å². The first kappa shape index (κ1) is 20.4. The Bertz CT molecular complexity index is 964. The fourth-order valence-corrected chi connectivity index (χ4v) is 2.82. The molecule has 154 valence electrons. The quantitative estimate of drug-likeness (QED) is 0.593. The van der Waals surface area contributed by atoms with E-state index in [9.17, 15) is 26.7 Å². The van der Waals surface area contributed by atoms with Crippen molar-refractivity contribution in [2.75, 3.05) is 5.32 Å². The highest BCUT2D eigenvalue weighted by atomic mass is 19.4. The molecule has 0 fully saturated rings. The Morgan fingerprint density at radius 2 is 2.00 bits per heavy atom. The topological polar surface area (TPSA) is 102 Å². The van der Waals surface area contributed by atoms with E-state index < -0.39 is 47.9 Å². The van der Waals surface area contributed by atoms with E-state index >= 15 is 0 Å². The van der Waals surface area contributed by atoms with Gasteiger partial charge in [-0.05, 0) is 25.1 Å². The highest BCUT2D eigenvalue weighted by Crippen LogP contribution is 2.40. The number of carbonyl (C=O) groups is 1. The van der Waals surface area contributed by atoms with Crippen molar-refractivity contribution in [3.05, 3.63) is 53.6 Å². The maximum Gasteiger partial charge on any atom is 0.425 e. The molecule has 29 heavy (non-hydrogen) atoms. The number of hydrogen-bond donors (Lipinski definition) is 2. The van der Waals surface area contributed by atoms with Crippen molar-refractivity contribution in [1.29, 1.82) is 0 Å². The van der Waals surface area contributed by atoms with Crippen molar-refractivity contribution >= 4 is 17.6 Å². The van der Waals surface area contributed by atoms with Crippen LogP contribution in [0.15, 0.2) is 35.6 Å². The number of hydrogen-bond acceptors (Lipinski definition) is 6. The Hall–Kier alpha value is -3.31. The zero-order valence-electron chi connectivity index (χ0n) is 14.8. The Labute approximate surface area is 160 Å². The van der Waals surface area contributed by atoms with Crippen LogP contribution in [-0.2, 0) is 10.3 Å². The molecule has 0 radical (unpaired) electrons. The molecule has 3 N–H and O–H groups in total. The van der Waals surface area contributed by atoms with Crippen LogP contribution in [0.3, 0.4) is 0 Å². The lowest BCUT2D eigenvalue weighted by atomic mass is 9.86. The van der Waals surface area contributed by atoms with Crippen LogP contribution in [0.25, 0.3) is 0 Å². The molecular weight excluding hydrogens is 401 g/mol. The minimum absolute atomic E-state index is 0.0254. The number of anilines is 1. The number of aromatic nitrogens is 2. The zero-order valence-corrected chi connectivity index (χ0v) is 14.8. The molecular formula is C17H14F5N5O2. The number of nitrogens with one attached hydrogen (secondary N) is 1. The molecule has 3 heterocycles. The number of amides is 1. The number of amidine groups is 1. The van der Waals surface area contributed by atoms with Gasteiger partial charge in [-0.15, -0.1) is 0 Å². The standard InChI is InChI=1S/C17H14F5N5O2/c1-16(5-12(17(20,21)22)29-15(23)27-16)10-4-9(7-25-13(10)19)26-14(28)11-3-2-8(18)6-24-11/h2-4,6-7,12H,5H2,1H3,(H2,23,27)(H,26,28). The fraction of sp³-hybridized carbons (Fsp3) is 0.294. The number of rotatable bonds is 3. The minimum atomic E-state index is -4.74. The first-order chi connectivity index (χ1) is 13.5. The SMILES string of the molecule is CC1(c2cc(NC(=O)c3ccc(F)cn3)cnc2F)CC(C(F)(F)F)OC(N)=N1. The van der Waals surface area contributed by atoms with Gasteiger partial charge in [-0.2, -0.15) is 17.6 Å². The van der Waals surface area contributed by atoms with Crippen molar-refractivity contribution in [2.24, 2.45) is 10.7 Å². The van der Waals surface area contributed by atoms with Gasteiger partial charge in [-0.1, -0.05) is 0 Å². The number of nitrogens with zero attached hydrogens (tertiary/aromatic N) is 3. The minimum Gasteiger partial charge on any atom is -0.452 e. The molecule has 2 aromatic heterocycles. The summed E-state index contributed by atoms with van der Waals surface area (Å²) in [5, 5.41) is 2.37. The van der Waals surface area contributed by atoms with Gasteiger partial charge in [0.05, 0.1) is 23.6 Å². The summed E-state index contributed by atoms with van der Waals surface area (Å²) in [5.41, 5.74) is 3.15. The van der Waals surface area contributed by atoms with Gasteiger partial charge in [0.1, 0.15) is 11.5 Å². The smallest absolute Gasteiger partial charge is 0.425 e. The van der Waals surface area contributed by atoms with Crippen molar-refractivity contribution in [3.8, 4) is 0 Å². The van der Waals surface area contributed by atoms with E-state index in [4.69, 9.17) is 5.73 Å². The number of ether oxygens (including phenoxy) is 1. The van der Waals surface area contributed by atoms with E-state index in [-0.39, 0.29) is 16.9 Å². The summed E-state index contributed by atoms with van der Waals surface area (Å²) in [6.07, 6.45) is -5.97. The molecule has 0 aliphatic carbocycles. The van der Waals surface area contributed by atoms with Gasteiger partial charge >= 0.3 is 6.18 Å². The molecule has 7 nitrogen and oxygen atoms in total. The third-order valence-electron chi connectivity index (χ3n) is 4.21. The lowest BCUT2D eigenvalue weighted by Crippen LogP contribution is -2.46. The number of halogens is 5. The first-order valence-electron chi connectivity index (χ1n) is 8.15. The molecule has 3 rings (SSSR count). The highest BCUT2D eigenvalue weighted by Gasteiger charge is 2.50. The van der Waals surface area contributed by atoms with Crippen molar-refractivity contribution in [1.82, 2.24) is 9.97 Å². The zero-order chi connectivity index (χ0) is 21.4. The second-order valence-electron chi connectivity index (χ2n) is 6.45. The van der Waals surface area contributed by atoms with E-state index in [0.29, 0.717) is 0 Å². The molecule has 0 spiro atoms. The maximum atomic E-state index is 14.3. The van der Waals surface area contributed by atoms with Gasteiger partial charge in [0.2, 0.25) is 5.95 Å². The van der Waals surface area contributed by atoms with Crippen LogP contribution in [0.5, 0.6) is 0 Å². The lowest BCUT2D eigenvalue weighted by molar-refractivity contribution is -0.208. The number of alkyl halides is 3. The Kier molecular flexibility index (Phi) is 5.11. The molecule has 2 atom stereocenters. The van der Waals surface area contributed by atoms with Gasteiger partial charge in [0.15, 0.2) is 6.10 Å². The Balaban J connectivity index is 1.91. The summed E-state index contributed by atoms with van der Waals surface area (Å²) in [4.78, 5) is 23.1. The van der Waals surface area contributed by atoms with E-state index in [1.807, 2.05) is 0 Å². The molecule has 2 unspecified atom stereocenters. The Morgan fingerprint density at radius 1 is 1.28 bits per heavy atom. The summed E-state index contributed by atoms with van der Waals surface area (Å²) in [6.45, 7) is 1.24. The van der Waals surface area contributed by atoms with E-state index in [1.54, 1.807) is 0 Å². The summed E-state index contributed by atoms with van der Waals surface area (Å²) in [5.74, 6) is -2.48. The average molecular weight is 415 g/mol. The van der Waals surface area contributed by atoms with Crippen LogP contribution >= 0.6 is 0 Å². The molecule has 1 aliphatic rings.